The zero-order valence-electron chi connectivity index (χ0n) is 19.3. The Bertz CT molecular complexity index is 996. The minimum atomic E-state index is -0.266. The number of hydrogen-bond acceptors (Lipinski definition) is 6. The number of hydrogen-bond donors (Lipinski definition) is 2. The molecule has 2 saturated heterocycles. The molecule has 3 aliphatic rings. The molecule has 2 aliphatic heterocycles. The normalized spacial score (nSPS) is 25.5. The summed E-state index contributed by atoms with van der Waals surface area (Å²) in [6, 6.07) is 2.43. The third kappa shape index (κ3) is 4.81. The minimum Gasteiger partial charge on any atom is -0.393 e. The summed E-state index contributed by atoms with van der Waals surface area (Å²) in [4.78, 5) is 29.6. The van der Waals surface area contributed by atoms with Gasteiger partial charge in [0.05, 0.1) is 22.7 Å². The summed E-state index contributed by atoms with van der Waals surface area (Å²) in [5, 5.41) is 18.7. The number of aryl methyl sites for hydroxylation is 1. The van der Waals surface area contributed by atoms with Gasteiger partial charge in [-0.05, 0) is 64.4 Å². The Balaban J connectivity index is 1.18. The molecule has 0 spiro atoms. The summed E-state index contributed by atoms with van der Waals surface area (Å²) in [6.45, 7) is 4.85. The molecule has 3 fully saturated rings. The van der Waals surface area contributed by atoms with Crippen LogP contribution in [0.2, 0.25) is 0 Å². The average molecular weight is 475 g/mol. The first-order chi connectivity index (χ1) is 16.0. The maximum atomic E-state index is 13.0. The number of carbonyl (C=O) groups is 2. The molecule has 2 amide bonds. The third-order valence-corrected chi connectivity index (χ3v) is 8.64. The number of ether oxygens (including phenoxy) is 1. The Hall–Kier alpha value is -1.97. The third-order valence-electron chi connectivity index (χ3n) is 7.52. The summed E-state index contributed by atoms with van der Waals surface area (Å²) in [5.41, 5.74) is 0.969. The van der Waals surface area contributed by atoms with Gasteiger partial charge in [0.2, 0.25) is 5.91 Å². The number of rotatable bonds is 4. The van der Waals surface area contributed by atoms with E-state index in [0.29, 0.717) is 32.0 Å². The molecule has 8 nitrogen and oxygen atoms in total. The number of likely N-dealkylation sites (tertiary alicyclic amines) is 1. The second-order valence-electron chi connectivity index (χ2n) is 9.78. The molecule has 2 aromatic rings. The van der Waals surface area contributed by atoms with Crippen LogP contribution in [0.5, 0.6) is 0 Å². The molecule has 0 bridgehead atoms. The van der Waals surface area contributed by atoms with Crippen LogP contribution in [-0.2, 0) is 9.53 Å². The highest BCUT2D eigenvalue weighted by Gasteiger charge is 2.32. The Labute approximate surface area is 198 Å². The molecule has 1 saturated carbocycles. The van der Waals surface area contributed by atoms with Crippen molar-refractivity contribution in [2.45, 2.75) is 76.5 Å². The van der Waals surface area contributed by atoms with E-state index in [9.17, 15) is 14.7 Å². The number of nitrogens with zero attached hydrogens (tertiary/aromatic N) is 3. The van der Waals surface area contributed by atoms with Gasteiger partial charge < -0.3 is 20.1 Å². The van der Waals surface area contributed by atoms with Gasteiger partial charge in [-0.15, -0.1) is 11.3 Å². The molecular formula is C24H34N4O4S. The zero-order valence-corrected chi connectivity index (χ0v) is 20.1. The van der Waals surface area contributed by atoms with Crippen LogP contribution in [0.15, 0.2) is 6.07 Å². The van der Waals surface area contributed by atoms with Crippen molar-refractivity contribution in [3.63, 3.8) is 0 Å². The summed E-state index contributed by atoms with van der Waals surface area (Å²) in [7, 11) is 0. The number of aliphatic hydroxyl groups excluding tert-OH is 1. The smallest absolute Gasteiger partial charge is 0.261 e. The Morgan fingerprint density at radius 2 is 1.79 bits per heavy atom. The molecule has 9 heteroatoms. The molecule has 4 heterocycles. The van der Waals surface area contributed by atoms with Gasteiger partial charge in [0.25, 0.3) is 5.91 Å². The van der Waals surface area contributed by atoms with Crippen molar-refractivity contribution in [3.05, 3.63) is 16.6 Å². The number of fused-ring (bicyclic) bond motifs is 1. The van der Waals surface area contributed by atoms with Crippen LogP contribution in [0.3, 0.4) is 0 Å². The van der Waals surface area contributed by atoms with Gasteiger partial charge in [-0.2, -0.15) is 5.10 Å². The first kappa shape index (κ1) is 22.8. The van der Waals surface area contributed by atoms with Crippen molar-refractivity contribution in [3.8, 4) is 0 Å². The molecule has 5 rings (SSSR count). The highest BCUT2D eigenvalue weighted by Crippen LogP contribution is 2.34. The molecule has 0 aromatic carbocycles. The molecular weight excluding hydrogens is 440 g/mol. The predicted molar refractivity (Wildman–Crippen MR) is 126 cm³/mol. The number of piperidine rings is 1. The highest BCUT2D eigenvalue weighted by molar-refractivity contribution is 7.20. The van der Waals surface area contributed by atoms with Crippen molar-refractivity contribution >= 4 is 33.4 Å². The number of amides is 2. The van der Waals surface area contributed by atoms with E-state index in [1.54, 1.807) is 0 Å². The van der Waals surface area contributed by atoms with Gasteiger partial charge in [-0.1, -0.05) is 0 Å². The lowest BCUT2D eigenvalue weighted by atomic mass is 9.84. The van der Waals surface area contributed by atoms with Crippen molar-refractivity contribution in [1.82, 2.24) is 20.0 Å². The van der Waals surface area contributed by atoms with E-state index in [1.807, 2.05) is 17.9 Å². The number of nitrogens with one attached hydrogen (secondary N) is 1. The van der Waals surface area contributed by atoms with E-state index in [1.165, 1.54) is 11.3 Å². The van der Waals surface area contributed by atoms with Crippen molar-refractivity contribution in [2.75, 3.05) is 26.3 Å². The van der Waals surface area contributed by atoms with Gasteiger partial charge in [0, 0.05) is 43.6 Å². The van der Waals surface area contributed by atoms with Crippen LogP contribution in [-0.4, -0.2) is 70.1 Å². The number of thiophene rings is 1. The Kier molecular flexibility index (Phi) is 6.72. The lowest BCUT2D eigenvalue weighted by Gasteiger charge is -2.35. The van der Waals surface area contributed by atoms with E-state index in [4.69, 9.17) is 9.84 Å². The van der Waals surface area contributed by atoms with Crippen LogP contribution in [0.25, 0.3) is 10.2 Å². The summed E-state index contributed by atoms with van der Waals surface area (Å²) in [5.74, 6) is 0.254. The van der Waals surface area contributed by atoms with Gasteiger partial charge in [-0.25, -0.2) is 0 Å². The van der Waals surface area contributed by atoms with Crippen LogP contribution in [0.4, 0.5) is 0 Å². The Morgan fingerprint density at radius 1 is 1.09 bits per heavy atom. The van der Waals surface area contributed by atoms with E-state index >= 15 is 0 Å². The molecule has 0 atom stereocenters. The van der Waals surface area contributed by atoms with Gasteiger partial charge >= 0.3 is 0 Å². The van der Waals surface area contributed by atoms with E-state index in [0.717, 1.165) is 72.5 Å². The monoisotopic (exact) mass is 474 g/mol. The average Bonchev–Trinajstić information content (AvgIpc) is 3.41. The topological polar surface area (TPSA) is 96.7 Å². The van der Waals surface area contributed by atoms with E-state index in [-0.39, 0.29) is 29.9 Å². The van der Waals surface area contributed by atoms with Crippen molar-refractivity contribution < 1.29 is 19.4 Å². The molecule has 1 aliphatic carbocycles. The lowest BCUT2D eigenvalue weighted by Crippen LogP contribution is -2.45. The molecule has 2 aromatic heterocycles. The van der Waals surface area contributed by atoms with Crippen LogP contribution >= 0.6 is 11.3 Å². The van der Waals surface area contributed by atoms with Crippen LogP contribution < -0.4 is 5.32 Å². The SMILES string of the molecule is Cc1nn(C2CCOCC2)c2sc(C(=O)NC3CCC(C(=O)N4CCC(O)CC4)CC3)cc12. The first-order valence-corrected chi connectivity index (χ1v) is 13.2. The standard InChI is InChI=1S/C24H34N4O4S/c1-15-20-14-21(33-24(20)28(26-15)18-8-12-32-13-9-18)22(30)25-17-4-2-16(3-5-17)23(31)27-10-6-19(29)7-11-27/h14,16-19,29H,2-13H2,1H3,(H,25,30). The molecule has 33 heavy (non-hydrogen) atoms. The second-order valence-corrected chi connectivity index (χ2v) is 10.8. The zero-order chi connectivity index (χ0) is 22.9. The van der Waals surface area contributed by atoms with Crippen molar-refractivity contribution in [2.24, 2.45) is 5.92 Å². The van der Waals surface area contributed by atoms with Crippen LogP contribution in [0, 0.1) is 12.8 Å². The van der Waals surface area contributed by atoms with Gasteiger partial charge in [0.1, 0.15) is 4.83 Å². The second kappa shape index (κ2) is 9.72. The van der Waals surface area contributed by atoms with E-state index < -0.39 is 0 Å². The summed E-state index contributed by atoms with van der Waals surface area (Å²) in [6.07, 6.45) is 6.29. The van der Waals surface area contributed by atoms with Crippen LogP contribution in [0.1, 0.15) is 72.8 Å². The quantitative estimate of drug-likeness (QED) is 0.710. The van der Waals surface area contributed by atoms with Gasteiger partial charge in [-0.3, -0.25) is 14.3 Å². The highest BCUT2D eigenvalue weighted by atomic mass is 32.1. The molecule has 2 N–H and O–H groups in total. The largest absolute Gasteiger partial charge is 0.393 e. The Morgan fingerprint density at radius 3 is 2.48 bits per heavy atom. The molecule has 180 valence electrons. The number of aliphatic hydroxyl groups is 1. The van der Waals surface area contributed by atoms with E-state index in [2.05, 4.69) is 10.00 Å². The van der Waals surface area contributed by atoms with Crippen molar-refractivity contribution in [1.29, 1.82) is 0 Å². The number of aromatic nitrogens is 2. The summed E-state index contributed by atoms with van der Waals surface area (Å²) < 4.78 is 7.60. The minimum absolute atomic E-state index is 0.0195. The van der Waals surface area contributed by atoms with Gasteiger partial charge in [0.15, 0.2) is 0 Å². The fourth-order valence-corrected chi connectivity index (χ4v) is 6.58. The maximum absolute atomic E-state index is 13.0. The fourth-order valence-electron chi connectivity index (χ4n) is 5.45. The number of carbonyl (C=O) groups excluding carboxylic acids is 2. The first-order valence-electron chi connectivity index (χ1n) is 12.3. The lowest BCUT2D eigenvalue weighted by molar-refractivity contribution is -0.138. The maximum Gasteiger partial charge on any atom is 0.261 e. The predicted octanol–water partition coefficient (Wildman–Crippen LogP) is 3.03. The molecule has 0 unspecified atom stereocenters. The summed E-state index contributed by atoms with van der Waals surface area (Å²) >= 11 is 1.53. The molecule has 0 radical (unpaired) electrons. The fraction of sp³-hybridized carbons (Fsp3) is 0.708.